The van der Waals surface area contributed by atoms with E-state index in [0.717, 1.165) is 32.0 Å². The summed E-state index contributed by atoms with van der Waals surface area (Å²) in [6, 6.07) is 4.46. The molecule has 0 radical (unpaired) electrons. The van der Waals surface area contributed by atoms with Crippen LogP contribution < -0.4 is 5.32 Å². The van der Waals surface area contributed by atoms with Crippen molar-refractivity contribution in [3.05, 3.63) is 35.4 Å². The number of hydrogen-bond acceptors (Lipinski definition) is 2. The summed E-state index contributed by atoms with van der Waals surface area (Å²) in [4.78, 5) is 14.3. The average molecular weight is 294 g/mol. The molecule has 2 fully saturated rings. The molecule has 0 spiro atoms. The Morgan fingerprint density at radius 1 is 1.29 bits per heavy atom. The zero-order valence-electron chi connectivity index (χ0n) is 12.1. The molecule has 1 amide bonds. The van der Waals surface area contributed by atoms with Gasteiger partial charge in [-0.1, -0.05) is 12.1 Å². The van der Waals surface area contributed by atoms with Crippen LogP contribution in [0.15, 0.2) is 18.2 Å². The van der Waals surface area contributed by atoms with Gasteiger partial charge in [-0.25, -0.2) is 8.78 Å². The minimum atomic E-state index is -0.836. The lowest BCUT2D eigenvalue weighted by Gasteiger charge is -2.32. The van der Waals surface area contributed by atoms with Crippen molar-refractivity contribution >= 4 is 5.91 Å². The molecule has 1 aliphatic carbocycles. The summed E-state index contributed by atoms with van der Waals surface area (Å²) in [5.74, 6) is -1.94. The normalized spacial score (nSPS) is 25.7. The Bertz CT molecular complexity index is 543. The van der Waals surface area contributed by atoms with Gasteiger partial charge in [-0.15, -0.1) is 0 Å². The van der Waals surface area contributed by atoms with E-state index in [1.54, 1.807) is 6.07 Å². The van der Waals surface area contributed by atoms with Gasteiger partial charge in [0.05, 0.1) is 0 Å². The number of hydrogen-bond donors (Lipinski definition) is 1. The molecule has 1 N–H and O–H groups in total. The third-order valence-electron chi connectivity index (χ3n) is 4.69. The zero-order valence-corrected chi connectivity index (χ0v) is 12.1. The molecule has 21 heavy (non-hydrogen) atoms. The molecule has 1 heterocycles. The van der Waals surface area contributed by atoms with E-state index in [1.807, 2.05) is 11.9 Å². The van der Waals surface area contributed by atoms with Gasteiger partial charge in [0.25, 0.3) is 0 Å². The van der Waals surface area contributed by atoms with Crippen LogP contribution in [-0.2, 0) is 4.79 Å². The molecule has 0 unspecified atom stereocenters. The van der Waals surface area contributed by atoms with Gasteiger partial charge in [-0.2, -0.15) is 0 Å². The maximum absolute atomic E-state index is 13.8. The number of rotatable bonds is 3. The fraction of sp³-hybridized carbons (Fsp3) is 0.562. The maximum atomic E-state index is 13.8. The Balaban J connectivity index is 1.66. The Morgan fingerprint density at radius 3 is 2.71 bits per heavy atom. The fourth-order valence-electron chi connectivity index (χ4n) is 3.25. The van der Waals surface area contributed by atoms with Crippen molar-refractivity contribution in [1.82, 2.24) is 10.2 Å². The van der Waals surface area contributed by atoms with Crippen LogP contribution in [0.4, 0.5) is 8.78 Å². The fourth-order valence-corrected chi connectivity index (χ4v) is 3.25. The number of carbonyl (C=O) groups is 1. The molecule has 114 valence electrons. The minimum absolute atomic E-state index is 0.0653. The second-order valence-electron chi connectivity index (χ2n) is 6.02. The molecular formula is C16H20F2N2O. The summed E-state index contributed by atoms with van der Waals surface area (Å²) >= 11 is 0. The summed E-state index contributed by atoms with van der Waals surface area (Å²) < 4.78 is 27.0. The summed E-state index contributed by atoms with van der Waals surface area (Å²) in [6.45, 7) is 1.85. The number of nitrogens with one attached hydrogen (secondary N) is 1. The van der Waals surface area contributed by atoms with Gasteiger partial charge in [0.15, 0.2) is 11.6 Å². The van der Waals surface area contributed by atoms with Crippen LogP contribution in [0.5, 0.6) is 0 Å². The van der Waals surface area contributed by atoms with E-state index < -0.39 is 11.6 Å². The standard InChI is InChI=1S/C16H20F2N2O/c1-20(10-5-7-19-8-6-10)16(21)13-9-12(13)11-3-2-4-14(17)15(11)18/h2-4,10,12-13,19H,5-9H2,1H3/t12-,13-/m1/s1. The first-order valence-corrected chi connectivity index (χ1v) is 7.51. The van der Waals surface area contributed by atoms with Gasteiger partial charge < -0.3 is 10.2 Å². The van der Waals surface area contributed by atoms with Crippen molar-refractivity contribution < 1.29 is 13.6 Å². The highest BCUT2D eigenvalue weighted by molar-refractivity contribution is 5.83. The summed E-state index contributed by atoms with van der Waals surface area (Å²) in [7, 11) is 1.83. The van der Waals surface area contributed by atoms with Crippen LogP contribution in [0.3, 0.4) is 0 Å². The summed E-state index contributed by atoms with van der Waals surface area (Å²) in [5.41, 5.74) is 0.340. The highest BCUT2D eigenvalue weighted by atomic mass is 19.2. The highest BCUT2D eigenvalue weighted by Gasteiger charge is 2.47. The highest BCUT2D eigenvalue weighted by Crippen LogP contribution is 2.49. The van der Waals surface area contributed by atoms with Crippen molar-refractivity contribution in [1.29, 1.82) is 0 Å². The van der Waals surface area contributed by atoms with E-state index in [-0.39, 0.29) is 23.8 Å². The van der Waals surface area contributed by atoms with Gasteiger partial charge in [-0.3, -0.25) is 4.79 Å². The molecule has 1 aromatic rings. The predicted octanol–water partition coefficient (Wildman–Crippen LogP) is 2.28. The summed E-state index contributed by atoms with van der Waals surface area (Å²) in [6.07, 6.45) is 2.52. The molecule has 1 aliphatic heterocycles. The molecule has 5 heteroatoms. The van der Waals surface area contributed by atoms with Crippen LogP contribution in [-0.4, -0.2) is 37.0 Å². The van der Waals surface area contributed by atoms with Crippen LogP contribution in [0.25, 0.3) is 0 Å². The van der Waals surface area contributed by atoms with Gasteiger partial charge >= 0.3 is 0 Å². The lowest BCUT2D eigenvalue weighted by Crippen LogP contribution is -2.44. The minimum Gasteiger partial charge on any atom is -0.342 e. The number of carbonyl (C=O) groups excluding carboxylic acids is 1. The van der Waals surface area contributed by atoms with E-state index >= 15 is 0 Å². The molecular weight excluding hydrogens is 274 g/mol. The van der Waals surface area contributed by atoms with Gasteiger partial charge in [0.2, 0.25) is 5.91 Å². The predicted molar refractivity (Wildman–Crippen MR) is 75.9 cm³/mol. The lowest BCUT2D eigenvalue weighted by molar-refractivity contribution is -0.133. The van der Waals surface area contributed by atoms with Gasteiger partial charge in [0, 0.05) is 19.0 Å². The Kier molecular flexibility index (Phi) is 3.93. The first-order valence-electron chi connectivity index (χ1n) is 7.51. The monoisotopic (exact) mass is 294 g/mol. The molecule has 3 rings (SSSR count). The number of halogens is 2. The first kappa shape index (κ1) is 14.4. The SMILES string of the molecule is CN(C(=O)[C@@H]1C[C@@H]1c1cccc(F)c1F)C1CCNCC1. The molecule has 1 saturated heterocycles. The summed E-state index contributed by atoms with van der Waals surface area (Å²) in [5, 5.41) is 3.27. The van der Waals surface area contributed by atoms with E-state index in [4.69, 9.17) is 0 Å². The topological polar surface area (TPSA) is 32.3 Å². The Morgan fingerprint density at radius 2 is 2.00 bits per heavy atom. The smallest absolute Gasteiger partial charge is 0.226 e. The van der Waals surface area contributed by atoms with Gasteiger partial charge in [0.1, 0.15) is 0 Å². The van der Waals surface area contributed by atoms with E-state index in [0.29, 0.717) is 12.0 Å². The van der Waals surface area contributed by atoms with E-state index in [1.165, 1.54) is 6.07 Å². The number of nitrogens with zero attached hydrogens (tertiary/aromatic N) is 1. The molecule has 3 nitrogen and oxygen atoms in total. The zero-order chi connectivity index (χ0) is 15.0. The van der Waals surface area contributed by atoms with E-state index in [9.17, 15) is 13.6 Å². The second kappa shape index (κ2) is 5.72. The number of benzene rings is 1. The number of piperidine rings is 1. The second-order valence-corrected chi connectivity index (χ2v) is 6.02. The molecule has 1 saturated carbocycles. The molecule has 2 atom stereocenters. The third-order valence-corrected chi connectivity index (χ3v) is 4.69. The van der Waals surface area contributed by atoms with Crippen LogP contribution in [0, 0.1) is 17.6 Å². The molecule has 1 aromatic carbocycles. The molecule has 2 aliphatic rings. The van der Waals surface area contributed by atoms with E-state index in [2.05, 4.69) is 5.32 Å². The third kappa shape index (κ3) is 2.79. The van der Waals surface area contributed by atoms with Crippen molar-refractivity contribution in [3.8, 4) is 0 Å². The Labute approximate surface area is 123 Å². The van der Waals surface area contributed by atoms with Crippen LogP contribution >= 0.6 is 0 Å². The van der Waals surface area contributed by atoms with Crippen molar-refractivity contribution in [2.75, 3.05) is 20.1 Å². The van der Waals surface area contributed by atoms with Crippen LogP contribution in [0.1, 0.15) is 30.7 Å². The molecule has 0 bridgehead atoms. The quantitative estimate of drug-likeness (QED) is 0.927. The maximum Gasteiger partial charge on any atom is 0.226 e. The molecule has 0 aromatic heterocycles. The first-order chi connectivity index (χ1) is 10.1. The largest absolute Gasteiger partial charge is 0.342 e. The van der Waals surface area contributed by atoms with Crippen LogP contribution in [0.2, 0.25) is 0 Å². The lowest BCUT2D eigenvalue weighted by atomic mass is 10.0. The van der Waals surface area contributed by atoms with Crippen molar-refractivity contribution in [2.45, 2.75) is 31.2 Å². The average Bonchev–Trinajstić information content (AvgIpc) is 3.30. The van der Waals surface area contributed by atoms with Gasteiger partial charge in [-0.05, 0) is 49.9 Å². The van der Waals surface area contributed by atoms with Crippen molar-refractivity contribution in [2.24, 2.45) is 5.92 Å². The Hall–Kier alpha value is -1.49. The van der Waals surface area contributed by atoms with Crippen molar-refractivity contribution in [3.63, 3.8) is 0 Å². The number of amides is 1.